The number of carbonyl (C=O) groups excluding carboxylic acids is 2. The highest BCUT2D eigenvalue weighted by Gasteiger charge is 2.16. The predicted molar refractivity (Wildman–Crippen MR) is 131 cm³/mol. The number of nitrogens with one attached hydrogen (secondary N) is 1. The van der Waals surface area contributed by atoms with Crippen molar-refractivity contribution in [3.05, 3.63) is 89.9 Å². The summed E-state index contributed by atoms with van der Waals surface area (Å²) >= 11 is 0. The third kappa shape index (κ3) is 8.50. The van der Waals surface area contributed by atoms with Crippen molar-refractivity contribution in [3.8, 4) is 11.3 Å². The van der Waals surface area contributed by atoms with E-state index in [-0.39, 0.29) is 37.5 Å². The fourth-order valence-corrected chi connectivity index (χ4v) is 3.26. The lowest BCUT2D eigenvalue weighted by molar-refractivity contribution is 0.0478. The summed E-state index contributed by atoms with van der Waals surface area (Å²) in [5.74, 6) is -0.670. The van der Waals surface area contributed by atoms with E-state index >= 15 is 0 Å². The first-order valence-corrected chi connectivity index (χ1v) is 11.5. The molecule has 8 heteroatoms. The molecule has 0 saturated heterocycles. The van der Waals surface area contributed by atoms with Crippen LogP contribution in [-0.4, -0.2) is 54.2 Å². The van der Waals surface area contributed by atoms with Gasteiger partial charge in [-0.2, -0.15) is 0 Å². The summed E-state index contributed by atoms with van der Waals surface area (Å²) in [5, 5.41) is 2.80. The molecule has 7 nitrogen and oxygen atoms in total. The second kappa shape index (κ2) is 13.2. The topological polar surface area (TPSA) is 80.8 Å². The molecule has 3 aromatic rings. The Bertz CT molecular complexity index is 1090. The van der Waals surface area contributed by atoms with Gasteiger partial charge in [-0.3, -0.25) is 9.78 Å². The maximum atomic E-state index is 13.4. The van der Waals surface area contributed by atoms with Crippen LogP contribution in [0.25, 0.3) is 11.3 Å². The molecule has 0 aliphatic rings. The molecule has 2 aromatic carbocycles. The van der Waals surface area contributed by atoms with E-state index < -0.39 is 6.09 Å². The number of pyridine rings is 1. The van der Waals surface area contributed by atoms with Crippen LogP contribution in [0.5, 0.6) is 0 Å². The summed E-state index contributed by atoms with van der Waals surface area (Å²) in [4.78, 5) is 30.9. The van der Waals surface area contributed by atoms with E-state index in [1.165, 1.54) is 23.2 Å². The molecule has 0 fully saturated rings. The van der Waals surface area contributed by atoms with Crippen molar-refractivity contribution in [2.45, 2.75) is 26.6 Å². The molecule has 0 aliphatic heterocycles. The molecular formula is C27H30FN3O4. The first kappa shape index (κ1) is 25.8. The Hall–Kier alpha value is -3.78. The molecule has 35 heavy (non-hydrogen) atoms. The number of hydrogen-bond donors (Lipinski definition) is 1. The zero-order valence-electron chi connectivity index (χ0n) is 19.9. The Morgan fingerprint density at radius 3 is 2.51 bits per heavy atom. The van der Waals surface area contributed by atoms with E-state index in [1.54, 1.807) is 24.3 Å². The van der Waals surface area contributed by atoms with E-state index in [9.17, 15) is 14.0 Å². The van der Waals surface area contributed by atoms with Crippen LogP contribution >= 0.6 is 0 Å². The third-order valence-electron chi connectivity index (χ3n) is 5.09. The number of nitrogens with zero attached hydrogens (tertiary/aromatic N) is 2. The molecule has 0 radical (unpaired) electrons. The predicted octanol–water partition coefficient (Wildman–Crippen LogP) is 4.68. The molecule has 0 bridgehead atoms. The minimum absolute atomic E-state index is 0.0414. The van der Waals surface area contributed by atoms with Crippen molar-refractivity contribution in [2.75, 3.05) is 26.2 Å². The van der Waals surface area contributed by atoms with Crippen LogP contribution in [0.3, 0.4) is 0 Å². The molecule has 2 amide bonds. The zero-order chi connectivity index (χ0) is 25.0. The summed E-state index contributed by atoms with van der Waals surface area (Å²) in [6.07, 6.45) is 1.01. The van der Waals surface area contributed by atoms with Gasteiger partial charge in [0.15, 0.2) is 0 Å². The van der Waals surface area contributed by atoms with Gasteiger partial charge >= 0.3 is 6.09 Å². The molecule has 1 heterocycles. The van der Waals surface area contributed by atoms with Gasteiger partial charge < -0.3 is 19.7 Å². The fraction of sp³-hybridized carbons (Fsp3) is 0.296. The Morgan fingerprint density at radius 2 is 1.83 bits per heavy atom. The van der Waals surface area contributed by atoms with Gasteiger partial charge in [0, 0.05) is 31.4 Å². The van der Waals surface area contributed by atoms with Gasteiger partial charge in [0.2, 0.25) is 0 Å². The van der Waals surface area contributed by atoms with Crippen molar-refractivity contribution >= 4 is 12.0 Å². The van der Waals surface area contributed by atoms with E-state index in [2.05, 4.69) is 10.3 Å². The molecule has 0 atom stereocenters. The van der Waals surface area contributed by atoms with Gasteiger partial charge in [0.25, 0.3) is 5.91 Å². The number of rotatable bonds is 11. The summed E-state index contributed by atoms with van der Waals surface area (Å²) in [5.41, 5.74) is 2.46. The van der Waals surface area contributed by atoms with Crippen LogP contribution in [0.2, 0.25) is 0 Å². The summed E-state index contributed by atoms with van der Waals surface area (Å²) < 4.78 is 24.4. The lowest BCUT2D eigenvalue weighted by Gasteiger charge is -2.23. The van der Waals surface area contributed by atoms with E-state index in [4.69, 9.17) is 9.47 Å². The molecule has 0 aliphatic carbocycles. The smallest absolute Gasteiger partial charge is 0.410 e. The number of ether oxygens (including phenoxy) is 2. The van der Waals surface area contributed by atoms with E-state index in [1.807, 2.05) is 44.2 Å². The van der Waals surface area contributed by atoms with Crippen molar-refractivity contribution < 1.29 is 23.5 Å². The Labute approximate surface area is 204 Å². The van der Waals surface area contributed by atoms with Crippen LogP contribution in [0.15, 0.2) is 72.9 Å². The van der Waals surface area contributed by atoms with Crippen LogP contribution in [0.4, 0.5) is 9.18 Å². The summed E-state index contributed by atoms with van der Waals surface area (Å²) in [7, 11) is 0. The number of hydrogen-bond acceptors (Lipinski definition) is 5. The average molecular weight is 480 g/mol. The van der Waals surface area contributed by atoms with Gasteiger partial charge in [0.1, 0.15) is 12.4 Å². The lowest BCUT2D eigenvalue weighted by Crippen LogP contribution is -2.40. The molecule has 184 valence electrons. The summed E-state index contributed by atoms with van der Waals surface area (Å²) in [6.45, 7) is 5.19. The molecule has 0 saturated carbocycles. The highest BCUT2D eigenvalue weighted by molar-refractivity contribution is 5.94. The number of benzene rings is 2. The summed E-state index contributed by atoms with van der Waals surface area (Å²) in [6, 6.07) is 18.8. The van der Waals surface area contributed by atoms with Gasteiger partial charge in [-0.1, -0.05) is 42.5 Å². The number of halogens is 1. The van der Waals surface area contributed by atoms with Gasteiger partial charge in [-0.25, -0.2) is 9.18 Å². The molecule has 0 spiro atoms. The van der Waals surface area contributed by atoms with Gasteiger partial charge in [-0.15, -0.1) is 0 Å². The molecular weight excluding hydrogens is 449 g/mol. The standard InChI is InChI=1S/C27H30FN3O4/c1-20(2)34-16-15-31(27(33)35-19-21-7-4-3-5-8-21)14-13-29-26(32)23-11-12-25(30-18-23)22-9-6-10-24(28)17-22/h3-12,17-18,20H,13-16,19H2,1-2H3,(H,29,32). The van der Waals surface area contributed by atoms with Gasteiger partial charge in [0.05, 0.1) is 24.0 Å². The molecule has 1 N–H and O–H groups in total. The Morgan fingerprint density at radius 1 is 1.03 bits per heavy atom. The number of aromatic nitrogens is 1. The SMILES string of the molecule is CC(C)OCCN(CCNC(=O)c1ccc(-c2cccc(F)c2)nc1)C(=O)OCc1ccccc1. The third-order valence-corrected chi connectivity index (χ3v) is 5.09. The maximum absolute atomic E-state index is 13.4. The second-order valence-corrected chi connectivity index (χ2v) is 8.15. The largest absolute Gasteiger partial charge is 0.445 e. The van der Waals surface area contributed by atoms with Crippen molar-refractivity contribution in [1.29, 1.82) is 0 Å². The first-order chi connectivity index (χ1) is 16.9. The average Bonchev–Trinajstić information content (AvgIpc) is 2.87. The number of carbonyl (C=O) groups is 2. The minimum atomic E-state index is -0.475. The quantitative estimate of drug-likeness (QED) is 0.432. The van der Waals surface area contributed by atoms with Crippen LogP contribution < -0.4 is 5.32 Å². The highest BCUT2D eigenvalue weighted by atomic mass is 19.1. The molecule has 1 aromatic heterocycles. The maximum Gasteiger partial charge on any atom is 0.410 e. The molecule has 0 unspecified atom stereocenters. The monoisotopic (exact) mass is 479 g/mol. The normalized spacial score (nSPS) is 10.7. The van der Waals surface area contributed by atoms with Gasteiger partial charge in [-0.05, 0) is 43.7 Å². The van der Waals surface area contributed by atoms with E-state index in [0.717, 1.165) is 5.56 Å². The zero-order valence-corrected chi connectivity index (χ0v) is 19.9. The van der Waals surface area contributed by atoms with Crippen molar-refractivity contribution in [2.24, 2.45) is 0 Å². The van der Waals surface area contributed by atoms with Crippen molar-refractivity contribution in [3.63, 3.8) is 0 Å². The van der Waals surface area contributed by atoms with Crippen molar-refractivity contribution in [1.82, 2.24) is 15.2 Å². The number of amides is 2. The minimum Gasteiger partial charge on any atom is -0.445 e. The molecule has 3 rings (SSSR count). The fourth-order valence-electron chi connectivity index (χ4n) is 3.26. The van der Waals surface area contributed by atoms with Crippen LogP contribution in [0, 0.1) is 5.82 Å². The Balaban J connectivity index is 1.52. The second-order valence-electron chi connectivity index (χ2n) is 8.15. The van der Waals surface area contributed by atoms with Crippen LogP contribution in [0.1, 0.15) is 29.8 Å². The first-order valence-electron chi connectivity index (χ1n) is 11.5. The Kier molecular flexibility index (Phi) is 9.74. The highest BCUT2D eigenvalue weighted by Crippen LogP contribution is 2.18. The van der Waals surface area contributed by atoms with Crippen LogP contribution in [-0.2, 0) is 16.1 Å². The lowest BCUT2D eigenvalue weighted by atomic mass is 10.1. The van der Waals surface area contributed by atoms with E-state index in [0.29, 0.717) is 30.0 Å².